The molecule has 6 heteroatoms. The zero-order chi connectivity index (χ0) is 17.8. The lowest BCUT2D eigenvalue weighted by Gasteiger charge is -2.03. The van der Waals surface area contributed by atoms with Crippen molar-refractivity contribution in [3.05, 3.63) is 78.6 Å². The van der Waals surface area contributed by atoms with Gasteiger partial charge in [-0.05, 0) is 23.3 Å². The second-order valence-electron chi connectivity index (χ2n) is 5.51. The van der Waals surface area contributed by atoms with Gasteiger partial charge in [0.25, 0.3) is 11.1 Å². The number of aromatic nitrogens is 2. The van der Waals surface area contributed by atoms with E-state index in [1.807, 2.05) is 54.6 Å². The van der Waals surface area contributed by atoms with Gasteiger partial charge < -0.3 is 8.83 Å². The van der Waals surface area contributed by atoms with Crippen LogP contribution in [0.3, 0.4) is 0 Å². The second kappa shape index (κ2) is 7.41. The van der Waals surface area contributed by atoms with Crippen LogP contribution in [0.4, 0.5) is 0 Å². The summed E-state index contributed by atoms with van der Waals surface area (Å²) in [5, 5.41) is 8.18. The third-order valence-corrected chi connectivity index (χ3v) is 4.60. The van der Waals surface area contributed by atoms with Crippen LogP contribution in [0.25, 0.3) is 22.8 Å². The number of furan rings is 1. The Balaban J connectivity index is 1.39. The molecule has 0 aliphatic heterocycles. The first kappa shape index (κ1) is 16.4. The highest BCUT2D eigenvalue weighted by molar-refractivity contribution is 7.99. The average molecular weight is 362 g/mol. The van der Waals surface area contributed by atoms with Crippen molar-refractivity contribution in [1.82, 2.24) is 10.2 Å². The van der Waals surface area contributed by atoms with E-state index in [4.69, 9.17) is 8.83 Å². The summed E-state index contributed by atoms with van der Waals surface area (Å²) >= 11 is 1.21. The number of ketones is 1. The molecule has 4 rings (SSSR count). The minimum absolute atomic E-state index is 0.00682. The molecular weight excluding hydrogens is 348 g/mol. The molecule has 0 bridgehead atoms. The van der Waals surface area contributed by atoms with E-state index in [9.17, 15) is 4.79 Å². The summed E-state index contributed by atoms with van der Waals surface area (Å²) in [6.07, 6.45) is 1.54. The van der Waals surface area contributed by atoms with E-state index in [1.54, 1.807) is 12.1 Å². The fourth-order valence-electron chi connectivity index (χ4n) is 2.46. The predicted octanol–water partition coefficient (Wildman–Crippen LogP) is 4.97. The van der Waals surface area contributed by atoms with E-state index < -0.39 is 0 Å². The van der Waals surface area contributed by atoms with Gasteiger partial charge in [0, 0.05) is 5.56 Å². The Bertz CT molecular complexity index is 993. The highest BCUT2D eigenvalue weighted by Gasteiger charge is 2.13. The van der Waals surface area contributed by atoms with Crippen molar-refractivity contribution in [1.29, 1.82) is 0 Å². The number of carbonyl (C=O) groups is 1. The smallest absolute Gasteiger partial charge is 0.284 e. The van der Waals surface area contributed by atoms with E-state index in [0.29, 0.717) is 22.4 Å². The molecule has 0 spiro atoms. The molecule has 26 heavy (non-hydrogen) atoms. The molecule has 0 fully saturated rings. The van der Waals surface area contributed by atoms with Crippen LogP contribution >= 0.6 is 11.8 Å². The molecule has 2 heterocycles. The Kier molecular flexibility index (Phi) is 4.66. The summed E-state index contributed by atoms with van der Waals surface area (Å²) in [5.41, 5.74) is 2.86. The van der Waals surface area contributed by atoms with Gasteiger partial charge in [0.2, 0.25) is 0 Å². The van der Waals surface area contributed by atoms with Crippen LogP contribution in [0.15, 0.2) is 87.1 Å². The molecule has 0 amide bonds. The zero-order valence-electron chi connectivity index (χ0n) is 13.7. The van der Waals surface area contributed by atoms with E-state index in [0.717, 1.165) is 11.1 Å². The Morgan fingerprint density at radius 1 is 0.885 bits per heavy atom. The summed E-state index contributed by atoms with van der Waals surface area (Å²) in [7, 11) is 0. The minimum atomic E-state index is 0.00682. The highest BCUT2D eigenvalue weighted by Crippen LogP contribution is 2.24. The number of thioether (sulfide) groups is 1. The van der Waals surface area contributed by atoms with E-state index in [1.165, 1.54) is 18.0 Å². The number of carbonyl (C=O) groups excluding carboxylic acids is 1. The van der Waals surface area contributed by atoms with Crippen LogP contribution in [0, 0.1) is 0 Å². The summed E-state index contributed by atoms with van der Waals surface area (Å²) in [5.74, 6) is 1.04. The van der Waals surface area contributed by atoms with Gasteiger partial charge >= 0.3 is 0 Å². The third-order valence-electron chi connectivity index (χ3n) is 3.78. The summed E-state index contributed by atoms with van der Waals surface area (Å²) in [6, 6.07) is 21.1. The molecule has 2 aromatic carbocycles. The number of benzene rings is 2. The van der Waals surface area contributed by atoms with Crippen molar-refractivity contribution in [2.75, 3.05) is 5.75 Å². The van der Waals surface area contributed by atoms with Gasteiger partial charge in [-0.15, -0.1) is 10.2 Å². The molecule has 0 saturated heterocycles. The van der Waals surface area contributed by atoms with Crippen molar-refractivity contribution in [2.24, 2.45) is 0 Å². The highest BCUT2D eigenvalue weighted by atomic mass is 32.2. The third kappa shape index (κ3) is 3.60. The maximum Gasteiger partial charge on any atom is 0.284 e. The monoisotopic (exact) mass is 362 g/mol. The Morgan fingerprint density at radius 3 is 2.38 bits per heavy atom. The first-order valence-electron chi connectivity index (χ1n) is 7.98. The van der Waals surface area contributed by atoms with Gasteiger partial charge in [-0.2, -0.15) is 0 Å². The van der Waals surface area contributed by atoms with Crippen LogP contribution < -0.4 is 0 Å². The van der Waals surface area contributed by atoms with E-state index >= 15 is 0 Å². The number of hydrogen-bond acceptors (Lipinski definition) is 6. The van der Waals surface area contributed by atoms with Crippen molar-refractivity contribution >= 4 is 17.5 Å². The van der Waals surface area contributed by atoms with Gasteiger partial charge in [-0.25, -0.2) is 0 Å². The molecule has 0 atom stereocenters. The predicted molar refractivity (Wildman–Crippen MR) is 98.9 cm³/mol. The van der Waals surface area contributed by atoms with Crippen molar-refractivity contribution < 1.29 is 13.6 Å². The molecule has 2 aromatic heterocycles. The van der Waals surface area contributed by atoms with E-state index in [2.05, 4.69) is 10.2 Å². The molecule has 0 aliphatic carbocycles. The molecule has 0 radical (unpaired) electrons. The zero-order valence-corrected chi connectivity index (χ0v) is 14.5. The lowest BCUT2D eigenvalue weighted by molar-refractivity contribution is 0.102. The summed E-state index contributed by atoms with van der Waals surface area (Å²) in [6.45, 7) is 0. The Morgan fingerprint density at radius 2 is 1.65 bits per heavy atom. The molecular formula is C20H14N2O3S. The number of hydrogen-bond donors (Lipinski definition) is 0. The van der Waals surface area contributed by atoms with Crippen molar-refractivity contribution in [2.45, 2.75) is 5.22 Å². The van der Waals surface area contributed by atoms with E-state index in [-0.39, 0.29) is 11.5 Å². The lowest BCUT2D eigenvalue weighted by Crippen LogP contribution is -2.02. The molecule has 0 N–H and O–H groups in total. The second-order valence-corrected chi connectivity index (χ2v) is 6.43. The molecule has 5 nitrogen and oxygen atoms in total. The number of rotatable bonds is 6. The standard InChI is InChI=1S/C20H14N2O3S/c23-17(13-26-20-22-21-19(25-20)18-7-4-12-24-18)16-10-8-15(9-11-16)14-5-2-1-3-6-14/h1-12H,13H2. The fourth-order valence-corrected chi connectivity index (χ4v) is 3.12. The summed E-state index contributed by atoms with van der Waals surface area (Å²) in [4.78, 5) is 12.4. The van der Waals surface area contributed by atoms with Crippen LogP contribution in [-0.2, 0) is 0 Å². The van der Waals surface area contributed by atoms with Gasteiger partial charge in [0.15, 0.2) is 11.5 Å². The van der Waals surface area contributed by atoms with Crippen LogP contribution in [0.5, 0.6) is 0 Å². The maximum absolute atomic E-state index is 12.4. The van der Waals surface area contributed by atoms with Gasteiger partial charge in [-0.3, -0.25) is 4.79 Å². The van der Waals surface area contributed by atoms with Crippen LogP contribution in [-0.4, -0.2) is 21.7 Å². The molecule has 0 saturated carbocycles. The van der Waals surface area contributed by atoms with Crippen LogP contribution in [0.2, 0.25) is 0 Å². The quantitative estimate of drug-likeness (QED) is 0.356. The minimum Gasteiger partial charge on any atom is -0.459 e. The lowest BCUT2D eigenvalue weighted by atomic mass is 10.0. The summed E-state index contributed by atoms with van der Waals surface area (Å²) < 4.78 is 10.7. The topological polar surface area (TPSA) is 69.1 Å². The maximum atomic E-state index is 12.4. The first-order valence-corrected chi connectivity index (χ1v) is 8.97. The van der Waals surface area contributed by atoms with Gasteiger partial charge in [0.05, 0.1) is 12.0 Å². The van der Waals surface area contributed by atoms with Crippen LogP contribution in [0.1, 0.15) is 10.4 Å². The molecule has 4 aromatic rings. The van der Waals surface area contributed by atoms with Crippen molar-refractivity contribution in [3.63, 3.8) is 0 Å². The first-order chi connectivity index (χ1) is 12.8. The van der Waals surface area contributed by atoms with Gasteiger partial charge in [-0.1, -0.05) is 66.4 Å². The van der Waals surface area contributed by atoms with Crippen molar-refractivity contribution in [3.8, 4) is 22.8 Å². The SMILES string of the molecule is O=C(CSc1nnc(-c2ccco2)o1)c1ccc(-c2ccccc2)cc1. The molecule has 0 aliphatic rings. The number of nitrogens with zero attached hydrogens (tertiary/aromatic N) is 2. The Labute approximate surface area is 154 Å². The normalized spacial score (nSPS) is 10.8. The largest absolute Gasteiger partial charge is 0.459 e. The Hall–Kier alpha value is -3.12. The van der Waals surface area contributed by atoms with Gasteiger partial charge in [0.1, 0.15) is 0 Å². The fraction of sp³-hybridized carbons (Fsp3) is 0.0500. The molecule has 0 unspecified atom stereocenters. The average Bonchev–Trinajstić information content (AvgIpc) is 3.38. The number of Topliss-reactive ketones (excluding diaryl/α,β-unsaturated/α-hetero) is 1. The molecule has 128 valence electrons.